The fourth-order valence-electron chi connectivity index (χ4n) is 6.39. The van der Waals surface area contributed by atoms with Gasteiger partial charge in [-0.2, -0.15) is 4.98 Å². The second-order valence-electron chi connectivity index (χ2n) is 11.5. The van der Waals surface area contributed by atoms with E-state index >= 15 is 0 Å². The van der Waals surface area contributed by atoms with Crippen LogP contribution < -0.4 is 15.8 Å². The van der Waals surface area contributed by atoms with Crippen LogP contribution >= 0.6 is 0 Å². The largest absolute Gasteiger partial charge is 0.387 e. The summed E-state index contributed by atoms with van der Waals surface area (Å²) in [7, 11) is 2.21. The molecule has 3 aromatic heterocycles. The van der Waals surface area contributed by atoms with E-state index in [1.165, 1.54) is 31.6 Å². The highest BCUT2D eigenvalue weighted by atomic mass is 16.3. The fraction of sp³-hybridized carbons (Fsp3) is 0.400. The Hall–Kier alpha value is -4.02. The number of fused-ring (bicyclic) bond motifs is 2. The summed E-state index contributed by atoms with van der Waals surface area (Å²) in [5.41, 5.74) is 4.51. The predicted molar refractivity (Wildman–Crippen MR) is 155 cm³/mol. The van der Waals surface area contributed by atoms with Crippen molar-refractivity contribution in [3.63, 3.8) is 0 Å². The number of hydrogen-bond acceptors (Lipinski definition) is 8. The molecule has 3 aliphatic rings. The molecule has 5 heterocycles. The summed E-state index contributed by atoms with van der Waals surface area (Å²) in [6.45, 7) is 8.73. The molecule has 7 rings (SSSR count). The molecule has 0 radical (unpaired) electrons. The summed E-state index contributed by atoms with van der Waals surface area (Å²) >= 11 is 0. The van der Waals surface area contributed by atoms with Crippen LogP contribution in [0.25, 0.3) is 16.9 Å². The molecule has 1 unspecified atom stereocenters. The van der Waals surface area contributed by atoms with Crippen LogP contribution in [0.3, 0.4) is 0 Å². The quantitative estimate of drug-likeness (QED) is 0.360. The van der Waals surface area contributed by atoms with Gasteiger partial charge >= 0.3 is 0 Å². The van der Waals surface area contributed by atoms with Crippen molar-refractivity contribution in [1.82, 2.24) is 29.2 Å². The lowest BCUT2D eigenvalue weighted by Gasteiger charge is -2.54. The summed E-state index contributed by atoms with van der Waals surface area (Å²) in [5, 5.41) is 14.1. The van der Waals surface area contributed by atoms with Gasteiger partial charge in [-0.25, -0.2) is 19.3 Å². The lowest BCUT2D eigenvalue weighted by Crippen LogP contribution is -2.60. The molecule has 0 saturated carbocycles. The van der Waals surface area contributed by atoms with Gasteiger partial charge < -0.3 is 20.2 Å². The summed E-state index contributed by atoms with van der Waals surface area (Å²) < 4.78 is 3.24. The first-order valence-electron chi connectivity index (χ1n) is 14.0. The van der Waals surface area contributed by atoms with Crippen molar-refractivity contribution < 1.29 is 5.11 Å². The third-order valence-corrected chi connectivity index (χ3v) is 8.78. The SMILES string of the molecule is C=CCn1c(=O)c2cnc(Nc3ccc(N4CC5(CCN(C)CC5)C4)cc3)nc2n1-c1ccc2c(n1)C(O)CC2. The number of likely N-dealkylation sites (tertiary alicyclic amines) is 1. The molecular weight excluding hydrogens is 504 g/mol. The summed E-state index contributed by atoms with van der Waals surface area (Å²) in [6, 6.07) is 12.2. The fourth-order valence-corrected chi connectivity index (χ4v) is 6.39. The summed E-state index contributed by atoms with van der Waals surface area (Å²) in [6.07, 6.45) is 6.63. The van der Waals surface area contributed by atoms with Crippen LogP contribution in [-0.2, 0) is 13.0 Å². The molecule has 0 amide bonds. The average Bonchev–Trinajstić information content (AvgIpc) is 3.45. The third kappa shape index (κ3) is 4.18. The van der Waals surface area contributed by atoms with Crippen molar-refractivity contribution in [1.29, 1.82) is 0 Å². The van der Waals surface area contributed by atoms with E-state index < -0.39 is 6.10 Å². The minimum Gasteiger partial charge on any atom is -0.387 e. The first kappa shape index (κ1) is 25.0. The number of aryl methyl sites for hydroxylation is 1. The van der Waals surface area contributed by atoms with E-state index in [2.05, 4.69) is 45.9 Å². The summed E-state index contributed by atoms with van der Waals surface area (Å²) in [4.78, 5) is 32.0. The standard InChI is InChI=1S/C30H34N8O2/c1-3-14-37-28(40)23-17-31-29(34-27(23)38(37)25-11-5-20-4-10-24(39)26(20)33-25)32-21-6-8-22(9-7-21)36-18-30(19-36)12-15-35(2)16-13-30/h3,5-9,11,17,24,39H,1,4,10,12-16,18-19H2,2H3,(H,31,32,34). The number of aliphatic hydroxyl groups excluding tert-OH is 1. The van der Waals surface area contributed by atoms with Gasteiger partial charge in [-0.3, -0.25) is 4.79 Å². The van der Waals surface area contributed by atoms with Crippen molar-refractivity contribution in [2.45, 2.75) is 38.3 Å². The van der Waals surface area contributed by atoms with Gasteiger partial charge in [-0.1, -0.05) is 12.1 Å². The van der Waals surface area contributed by atoms with E-state index in [1.54, 1.807) is 21.6 Å². The van der Waals surface area contributed by atoms with Gasteiger partial charge in [0.25, 0.3) is 5.56 Å². The maximum absolute atomic E-state index is 13.3. The normalized spacial score (nSPS) is 20.1. The van der Waals surface area contributed by atoms with Crippen molar-refractivity contribution in [2.75, 3.05) is 43.4 Å². The molecule has 1 atom stereocenters. The van der Waals surface area contributed by atoms with Crippen LogP contribution in [0.4, 0.5) is 17.3 Å². The molecule has 10 heteroatoms. The Morgan fingerprint density at radius 3 is 2.65 bits per heavy atom. The van der Waals surface area contributed by atoms with Crippen LogP contribution in [0.2, 0.25) is 0 Å². The number of nitrogens with zero attached hydrogens (tertiary/aromatic N) is 7. The molecule has 1 aromatic carbocycles. The molecule has 1 spiro atoms. The van der Waals surface area contributed by atoms with Crippen LogP contribution in [-0.4, -0.2) is 67.5 Å². The Kier molecular flexibility index (Phi) is 5.97. The number of pyridine rings is 1. The first-order valence-corrected chi connectivity index (χ1v) is 14.0. The van der Waals surface area contributed by atoms with E-state index in [-0.39, 0.29) is 12.1 Å². The number of aliphatic hydroxyl groups is 1. The van der Waals surface area contributed by atoms with Gasteiger partial charge in [0, 0.05) is 36.1 Å². The van der Waals surface area contributed by atoms with Gasteiger partial charge in [0.15, 0.2) is 11.5 Å². The lowest BCUT2D eigenvalue weighted by atomic mass is 9.72. The zero-order valence-corrected chi connectivity index (χ0v) is 22.8. The topological polar surface area (TPSA) is 104 Å². The number of benzene rings is 1. The van der Waals surface area contributed by atoms with Gasteiger partial charge in [0.2, 0.25) is 5.95 Å². The highest BCUT2D eigenvalue weighted by Gasteiger charge is 2.44. The second-order valence-corrected chi connectivity index (χ2v) is 11.5. The van der Waals surface area contributed by atoms with Gasteiger partial charge in [0.05, 0.1) is 18.3 Å². The number of nitrogens with one attached hydrogen (secondary N) is 1. The third-order valence-electron chi connectivity index (χ3n) is 8.78. The Labute approximate surface area is 232 Å². The smallest absolute Gasteiger partial charge is 0.278 e. The molecule has 2 aliphatic heterocycles. The Morgan fingerprint density at radius 1 is 1.12 bits per heavy atom. The zero-order chi connectivity index (χ0) is 27.4. The van der Waals surface area contributed by atoms with Crippen molar-refractivity contribution in [3.05, 3.63) is 76.9 Å². The molecule has 2 saturated heterocycles. The molecule has 1 aliphatic carbocycles. The van der Waals surface area contributed by atoms with Gasteiger partial charge in [-0.05, 0) is 81.7 Å². The number of rotatable bonds is 6. The Bertz CT molecular complexity index is 1640. The Morgan fingerprint density at radius 2 is 1.90 bits per heavy atom. The van der Waals surface area contributed by atoms with Gasteiger partial charge in [0.1, 0.15) is 5.39 Å². The molecule has 0 bridgehead atoms. The minimum absolute atomic E-state index is 0.217. The number of allylic oxidation sites excluding steroid dienone is 1. The average molecular weight is 539 g/mol. The molecule has 206 valence electrons. The van der Waals surface area contributed by atoms with Crippen LogP contribution in [0.15, 0.2) is 60.0 Å². The van der Waals surface area contributed by atoms with Crippen molar-refractivity contribution >= 4 is 28.4 Å². The molecule has 40 heavy (non-hydrogen) atoms. The molecular formula is C30H34N8O2. The highest BCUT2D eigenvalue weighted by Crippen LogP contribution is 2.42. The van der Waals surface area contributed by atoms with Crippen LogP contribution in [0.1, 0.15) is 36.6 Å². The Balaban J connectivity index is 1.15. The van der Waals surface area contributed by atoms with E-state index in [0.717, 1.165) is 30.8 Å². The minimum atomic E-state index is -0.600. The van der Waals surface area contributed by atoms with E-state index in [4.69, 9.17) is 9.97 Å². The molecule has 10 nitrogen and oxygen atoms in total. The van der Waals surface area contributed by atoms with Gasteiger partial charge in [-0.15, -0.1) is 6.58 Å². The molecule has 2 fully saturated rings. The monoisotopic (exact) mass is 538 g/mol. The maximum Gasteiger partial charge on any atom is 0.278 e. The van der Waals surface area contributed by atoms with Crippen LogP contribution in [0.5, 0.6) is 0 Å². The van der Waals surface area contributed by atoms with E-state index in [9.17, 15) is 9.90 Å². The van der Waals surface area contributed by atoms with Crippen LogP contribution in [0, 0.1) is 5.41 Å². The lowest BCUT2D eigenvalue weighted by molar-refractivity contribution is 0.0906. The highest BCUT2D eigenvalue weighted by molar-refractivity contribution is 5.77. The second kappa shape index (κ2) is 9.57. The van der Waals surface area contributed by atoms with E-state index in [1.807, 2.05) is 24.3 Å². The van der Waals surface area contributed by atoms with E-state index in [0.29, 0.717) is 40.3 Å². The number of aromatic nitrogens is 5. The van der Waals surface area contributed by atoms with Crippen molar-refractivity contribution in [3.8, 4) is 5.82 Å². The zero-order valence-electron chi connectivity index (χ0n) is 22.8. The molecule has 4 aromatic rings. The first-order chi connectivity index (χ1) is 19.4. The number of piperidine rings is 1. The van der Waals surface area contributed by atoms with Crippen molar-refractivity contribution in [2.24, 2.45) is 5.41 Å². The maximum atomic E-state index is 13.3. The number of anilines is 3. The number of hydrogen-bond donors (Lipinski definition) is 2. The predicted octanol–water partition coefficient (Wildman–Crippen LogP) is 3.42. The molecule has 2 N–H and O–H groups in total. The summed E-state index contributed by atoms with van der Waals surface area (Å²) in [5.74, 6) is 0.916.